The van der Waals surface area contributed by atoms with Crippen molar-refractivity contribution >= 4 is 6.91 Å². The average Bonchev–Trinajstić information content (AvgIpc) is 3.38. The molecule has 0 aliphatic heterocycles. The molecule has 2 bridgehead atoms. The summed E-state index contributed by atoms with van der Waals surface area (Å²) < 4.78 is 13.2. The summed E-state index contributed by atoms with van der Waals surface area (Å²) in [5.74, 6) is 6.80. The van der Waals surface area contributed by atoms with Crippen molar-refractivity contribution in [1.82, 2.24) is 0 Å². The van der Waals surface area contributed by atoms with Crippen LogP contribution in [0.4, 0.5) is 0 Å². The molecule has 0 saturated heterocycles. The Balaban J connectivity index is 1.42. The van der Waals surface area contributed by atoms with Gasteiger partial charge in [0.15, 0.2) is 0 Å². The summed E-state index contributed by atoms with van der Waals surface area (Å²) in [5.41, 5.74) is 2.90. The van der Waals surface area contributed by atoms with Gasteiger partial charge < -0.3 is 0 Å². The molecule has 3 aliphatic carbocycles. The number of ether oxygens (including phenoxy) is 2. The summed E-state index contributed by atoms with van der Waals surface area (Å²) in [6.07, 6.45) is 8.45. The Morgan fingerprint density at radius 1 is 0.969 bits per heavy atom. The van der Waals surface area contributed by atoms with Gasteiger partial charge >= 0.3 is 198 Å². The number of hydrogen-bond donors (Lipinski definition) is 0. The predicted molar refractivity (Wildman–Crippen MR) is 135 cm³/mol. The van der Waals surface area contributed by atoms with E-state index in [2.05, 4.69) is 80.4 Å². The molecule has 0 aromatic carbocycles. The third-order valence-electron chi connectivity index (χ3n) is 8.62. The summed E-state index contributed by atoms with van der Waals surface area (Å²) in [4.78, 5) is 0. The number of rotatable bonds is 7. The Kier molecular flexibility index (Phi) is 6.90. The SMILES string of the molecule is CC(C)C(Oc1bcc(C(CC(C)(C)C)C(C)(C)C)cc1)OC1CC2CC1C1CCCC21. The van der Waals surface area contributed by atoms with Crippen LogP contribution in [0, 0.1) is 40.4 Å². The van der Waals surface area contributed by atoms with Crippen LogP contribution in [0.15, 0.2) is 18.1 Å². The van der Waals surface area contributed by atoms with Crippen LogP contribution < -0.4 is 4.74 Å². The zero-order chi connectivity index (χ0) is 23.3. The van der Waals surface area contributed by atoms with E-state index in [9.17, 15) is 0 Å². The van der Waals surface area contributed by atoms with Gasteiger partial charge in [-0.3, -0.25) is 0 Å². The van der Waals surface area contributed by atoms with Crippen molar-refractivity contribution in [3.8, 4) is 5.64 Å². The van der Waals surface area contributed by atoms with Crippen LogP contribution in [-0.2, 0) is 4.74 Å². The normalized spacial score (nSPS) is 31.6. The fourth-order valence-corrected chi connectivity index (χ4v) is 7.10. The molecule has 0 amide bonds. The Morgan fingerprint density at radius 2 is 1.69 bits per heavy atom. The van der Waals surface area contributed by atoms with E-state index >= 15 is 0 Å². The van der Waals surface area contributed by atoms with Gasteiger partial charge in [-0.2, -0.15) is 0 Å². The maximum absolute atomic E-state index is 6.69. The Labute approximate surface area is 198 Å². The summed E-state index contributed by atoms with van der Waals surface area (Å²) in [7, 11) is 0. The van der Waals surface area contributed by atoms with Crippen molar-refractivity contribution < 1.29 is 9.47 Å². The van der Waals surface area contributed by atoms with Gasteiger partial charge in [0.25, 0.3) is 0 Å². The van der Waals surface area contributed by atoms with E-state index in [4.69, 9.17) is 9.47 Å². The van der Waals surface area contributed by atoms with Crippen LogP contribution in [0.25, 0.3) is 0 Å². The second-order valence-corrected chi connectivity index (χ2v) is 13.8. The van der Waals surface area contributed by atoms with Crippen LogP contribution >= 0.6 is 0 Å². The molecule has 0 N–H and O–H groups in total. The first-order valence-electron chi connectivity index (χ1n) is 13.3. The molecule has 178 valence electrons. The van der Waals surface area contributed by atoms with Crippen LogP contribution in [0.5, 0.6) is 5.64 Å². The zero-order valence-corrected chi connectivity index (χ0v) is 22.0. The van der Waals surface area contributed by atoms with E-state index in [1.54, 1.807) is 0 Å². The molecule has 32 heavy (non-hydrogen) atoms. The molecular weight excluding hydrogens is 391 g/mol. The number of fused-ring (bicyclic) bond motifs is 5. The van der Waals surface area contributed by atoms with Gasteiger partial charge in [-0.05, 0) is 0 Å². The molecule has 3 fully saturated rings. The van der Waals surface area contributed by atoms with Crippen LogP contribution in [-0.4, -0.2) is 19.3 Å². The molecule has 3 heteroatoms. The molecule has 1 aromatic rings. The van der Waals surface area contributed by atoms with E-state index in [-0.39, 0.29) is 11.7 Å². The van der Waals surface area contributed by atoms with Gasteiger partial charge in [0.1, 0.15) is 0 Å². The number of hydrogen-bond acceptors (Lipinski definition) is 2. The van der Waals surface area contributed by atoms with Crippen molar-refractivity contribution in [2.24, 2.45) is 40.4 Å². The summed E-state index contributed by atoms with van der Waals surface area (Å²) in [6, 6.07) is 4.46. The van der Waals surface area contributed by atoms with E-state index in [1.807, 2.05) is 0 Å². The predicted octanol–water partition coefficient (Wildman–Crippen LogP) is 7.79. The molecule has 7 unspecified atom stereocenters. The molecule has 2 nitrogen and oxygen atoms in total. The molecular formula is C29H47BO2. The Bertz CT molecular complexity index is 757. The second kappa shape index (κ2) is 9.08. The zero-order valence-electron chi connectivity index (χ0n) is 22.0. The fourth-order valence-electron chi connectivity index (χ4n) is 7.10. The van der Waals surface area contributed by atoms with E-state index < -0.39 is 0 Å². The molecule has 3 saturated carbocycles. The summed E-state index contributed by atoms with van der Waals surface area (Å²) >= 11 is 0. The quantitative estimate of drug-likeness (QED) is 0.405. The second-order valence-electron chi connectivity index (χ2n) is 13.8. The first kappa shape index (κ1) is 24.3. The molecule has 7 atom stereocenters. The first-order chi connectivity index (χ1) is 14.9. The minimum atomic E-state index is -0.155. The minimum absolute atomic E-state index is 0.155. The van der Waals surface area contributed by atoms with Gasteiger partial charge in [-0.15, -0.1) is 0 Å². The molecule has 0 radical (unpaired) electrons. The van der Waals surface area contributed by atoms with Gasteiger partial charge in [0.05, 0.1) is 0 Å². The van der Waals surface area contributed by atoms with Gasteiger partial charge in [-0.1, -0.05) is 0 Å². The monoisotopic (exact) mass is 438 g/mol. The fraction of sp³-hybridized carbons (Fsp3) is 0.828. The van der Waals surface area contributed by atoms with E-state index in [0.717, 1.165) is 29.3 Å². The third kappa shape index (κ3) is 5.29. The third-order valence-corrected chi connectivity index (χ3v) is 8.62. The Hall–Kier alpha value is -0.825. The van der Waals surface area contributed by atoms with Crippen molar-refractivity contribution in [2.75, 3.05) is 0 Å². The average molecular weight is 439 g/mol. The summed E-state index contributed by atoms with van der Waals surface area (Å²) in [6.45, 7) is 20.7. The van der Waals surface area contributed by atoms with Crippen molar-refractivity contribution in [3.05, 3.63) is 23.7 Å². The maximum atomic E-state index is 6.69. The molecule has 3 aliphatic rings. The van der Waals surface area contributed by atoms with Gasteiger partial charge in [-0.25, -0.2) is 0 Å². The molecule has 1 heterocycles. The first-order valence-corrected chi connectivity index (χ1v) is 13.3. The molecule has 1 aromatic heterocycles. The van der Waals surface area contributed by atoms with E-state index in [1.165, 1.54) is 44.1 Å². The van der Waals surface area contributed by atoms with Gasteiger partial charge in [0, 0.05) is 0 Å². The van der Waals surface area contributed by atoms with Crippen LogP contribution in [0.1, 0.15) is 105 Å². The van der Waals surface area contributed by atoms with Crippen LogP contribution in [0.3, 0.4) is 0 Å². The van der Waals surface area contributed by atoms with Crippen molar-refractivity contribution in [3.63, 3.8) is 0 Å². The van der Waals surface area contributed by atoms with Crippen molar-refractivity contribution in [1.29, 1.82) is 0 Å². The van der Waals surface area contributed by atoms with Gasteiger partial charge in [0.2, 0.25) is 0 Å². The standard InChI is InChI=1S/C29H47BO2/c1-18(2)27(31-25-15-20-14-23(25)22-11-9-10-21(20)22)32-26-13-12-19(17-30-26)24(29(6,7)8)16-28(3,4)5/h12-13,17-18,20-25,27H,9-11,14-16H2,1-8H3. The van der Waals surface area contributed by atoms with Crippen molar-refractivity contribution in [2.45, 2.75) is 112 Å². The Morgan fingerprint density at radius 3 is 2.28 bits per heavy atom. The molecule has 4 rings (SSSR count). The topological polar surface area (TPSA) is 18.5 Å². The van der Waals surface area contributed by atoms with Crippen LogP contribution in [0.2, 0.25) is 0 Å². The van der Waals surface area contributed by atoms with E-state index in [0.29, 0.717) is 23.4 Å². The summed E-state index contributed by atoms with van der Waals surface area (Å²) in [5, 5.41) is 0. The molecule has 0 spiro atoms.